The van der Waals surface area contributed by atoms with Crippen molar-refractivity contribution in [2.24, 2.45) is 0 Å². The monoisotopic (exact) mass is 214 g/mol. The van der Waals surface area contributed by atoms with Gasteiger partial charge < -0.3 is 4.90 Å². The van der Waals surface area contributed by atoms with Crippen LogP contribution in [0.1, 0.15) is 40.5 Å². The van der Waals surface area contributed by atoms with Crippen molar-refractivity contribution in [2.45, 2.75) is 46.6 Å². The van der Waals surface area contributed by atoms with Crippen molar-refractivity contribution in [1.29, 1.82) is 0 Å². The molecule has 0 aromatic heterocycles. The fourth-order valence-electron chi connectivity index (χ4n) is 1.53. The highest BCUT2D eigenvalue weighted by Crippen LogP contribution is 2.07. The molecule has 3 heteroatoms. The molecule has 0 N–H and O–H groups in total. The summed E-state index contributed by atoms with van der Waals surface area (Å²) in [6.07, 6.45) is 2.50. The average molecular weight is 214 g/mol. The average Bonchev–Trinajstić information content (AvgIpc) is 2.72. The van der Waals surface area contributed by atoms with E-state index in [1.807, 2.05) is 39.6 Å². The first-order chi connectivity index (χ1) is 7.11. The van der Waals surface area contributed by atoms with E-state index in [-0.39, 0.29) is 5.91 Å². The van der Waals surface area contributed by atoms with Crippen LogP contribution >= 0.6 is 0 Å². The van der Waals surface area contributed by atoms with Crippen LogP contribution in [0.2, 0.25) is 0 Å². The molecule has 1 aliphatic heterocycles. The van der Waals surface area contributed by atoms with Gasteiger partial charge in [0.05, 0.1) is 6.54 Å². The molecule has 0 aliphatic carbocycles. The predicted octanol–water partition coefficient (Wildman–Crippen LogP) is 1.98. The molecule has 1 saturated heterocycles. The van der Waals surface area contributed by atoms with Gasteiger partial charge in [-0.15, -0.1) is 0 Å². The van der Waals surface area contributed by atoms with Crippen LogP contribution < -0.4 is 0 Å². The number of carbonyl (C=O) groups excluding carboxylic acids is 1. The largest absolute Gasteiger partial charge is 0.342 e. The zero-order valence-corrected chi connectivity index (χ0v) is 10.9. The number of nitrogens with zero attached hydrogens (tertiary/aromatic N) is 2. The summed E-state index contributed by atoms with van der Waals surface area (Å²) in [5, 5.41) is 0. The minimum Gasteiger partial charge on any atom is -0.342 e. The van der Waals surface area contributed by atoms with Crippen LogP contribution in [0, 0.1) is 0 Å². The van der Waals surface area contributed by atoms with Crippen molar-refractivity contribution in [2.75, 3.05) is 26.7 Å². The SMILES string of the molecule is CC.CC(C)N(C)C(=O)CN1CCCC1. The number of rotatable bonds is 3. The van der Waals surface area contributed by atoms with Gasteiger partial charge in [-0.2, -0.15) is 0 Å². The minimum absolute atomic E-state index is 0.247. The second-order valence-corrected chi connectivity index (χ2v) is 4.08. The molecular weight excluding hydrogens is 188 g/mol. The van der Waals surface area contributed by atoms with Crippen molar-refractivity contribution in [3.63, 3.8) is 0 Å². The second-order valence-electron chi connectivity index (χ2n) is 4.08. The maximum atomic E-state index is 11.6. The Morgan fingerprint density at radius 1 is 1.27 bits per heavy atom. The Balaban J connectivity index is 0.000000921. The summed E-state index contributed by atoms with van der Waals surface area (Å²) in [5.74, 6) is 0.247. The first kappa shape index (κ1) is 14.4. The van der Waals surface area contributed by atoms with Gasteiger partial charge in [-0.05, 0) is 39.8 Å². The summed E-state index contributed by atoms with van der Waals surface area (Å²) >= 11 is 0. The summed E-state index contributed by atoms with van der Waals surface area (Å²) in [4.78, 5) is 15.7. The van der Waals surface area contributed by atoms with Crippen molar-refractivity contribution >= 4 is 5.91 Å². The third kappa shape index (κ3) is 5.17. The topological polar surface area (TPSA) is 23.6 Å². The van der Waals surface area contributed by atoms with Crippen molar-refractivity contribution < 1.29 is 4.79 Å². The smallest absolute Gasteiger partial charge is 0.236 e. The van der Waals surface area contributed by atoms with Crippen molar-refractivity contribution in [3.8, 4) is 0 Å². The van der Waals surface area contributed by atoms with Crippen LogP contribution in [0.25, 0.3) is 0 Å². The van der Waals surface area contributed by atoms with Crippen LogP contribution in [0.4, 0.5) is 0 Å². The summed E-state index contributed by atoms with van der Waals surface area (Å²) in [7, 11) is 1.88. The van der Waals surface area contributed by atoms with E-state index in [1.165, 1.54) is 12.8 Å². The van der Waals surface area contributed by atoms with Gasteiger partial charge in [-0.25, -0.2) is 0 Å². The summed E-state index contributed by atoms with van der Waals surface area (Å²) < 4.78 is 0. The number of likely N-dealkylation sites (N-methyl/N-ethyl adjacent to an activating group) is 1. The molecule has 1 amide bonds. The zero-order valence-electron chi connectivity index (χ0n) is 10.9. The van der Waals surface area contributed by atoms with E-state index < -0.39 is 0 Å². The number of hydrogen-bond donors (Lipinski definition) is 0. The third-order valence-electron chi connectivity index (χ3n) is 2.73. The molecule has 0 unspecified atom stereocenters. The van der Waals surface area contributed by atoms with E-state index >= 15 is 0 Å². The highest BCUT2D eigenvalue weighted by molar-refractivity contribution is 5.78. The summed E-state index contributed by atoms with van der Waals surface area (Å²) in [5.41, 5.74) is 0. The van der Waals surface area contributed by atoms with Crippen LogP contribution in [-0.2, 0) is 4.79 Å². The molecular formula is C12H26N2O. The highest BCUT2D eigenvalue weighted by atomic mass is 16.2. The van der Waals surface area contributed by atoms with Gasteiger partial charge in [-0.3, -0.25) is 9.69 Å². The normalized spacial score (nSPS) is 16.1. The molecule has 90 valence electrons. The molecule has 0 spiro atoms. The molecule has 1 heterocycles. The summed E-state index contributed by atoms with van der Waals surface area (Å²) in [6, 6.07) is 0.315. The molecule has 0 aromatic carbocycles. The number of amides is 1. The van der Waals surface area contributed by atoms with E-state index in [9.17, 15) is 4.79 Å². The first-order valence-electron chi connectivity index (χ1n) is 6.09. The van der Waals surface area contributed by atoms with Gasteiger partial charge in [0.15, 0.2) is 0 Å². The Morgan fingerprint density at radius 3 is 2.13 bits per heavy atom. The molecule has 0 saturated carbocycles. The maximum Gasteiger partial charge on any atom is 0.236 e. The Morgan fingerprint density at radius 2 is 1.73 bits per heavy atom. The van der Waals surface area contributed by atoms with Crippen LogP contribution in [0.3, 0.4) is 0 Å². The van der Waals surface area contributed by atoms with E-state index in [0.29, 0.717) is 12.6 Å². The molecule has 1 rings (SSSR count). The van der Waals surface area contributed by atoms with E-state index in [1.54, 1.807) is 0 Å². The lowest BCUT2D eigenvalue weighted by molar-refractivity contribution is -0.132. The quantitative estimate of drug-likeness (QED) is 0.717. The molecule has 3 nitrogen and oxygen atoms in total. The van der Waals surface area contributed by atoms with Crippen molar-refractivity contribution in [3.05, 3.63) is 0 Å². The van der Waals surface area contributed by atoms with Gasteiger partial charge in [0.25, 0.3) is 0 Å². The van der Waals surface area contributed by atoms with Gasteiger partial charge >= 0.3 is 0 Å². The molecule has 1 aliphatic rings. The molecule has 0 atom stereocenters. The molecule has 15 heavy (non-hydrogen) atoms. The zero-order chi connectivity index (χ0) is 11.8. The third-order valence-corrected chi connectivity index (χ3v) is 2.73. The first-order valence-corrected chi connectivity index (χ1v) is 6.09. The van der Waals surface area contributed by atoms with Gasteiger partial charge in [0, 0.05) is 13.1 Å². The Hall–Kier alpha value is -0.570. The Labute approximate surface area is 94.4 Å². The number of hydrogen-bond acceptors (Lipinski definition) is 2. The molecule has 0 bridgehead atoms. The highest BCUT2D eigenvalue weighted by Gasteiger charge is 2.18. The van der Waals surface area contributed by atoms with Gasteiger partial charge in [0.2, 0.25) is 5.91 Å². The minimum atomic E-state index is 0.247. The number of likely N-dealkylation sites (tertiary alicyclic amines) is 1. The summed E-state index contributed by atoms with van der Waals surface area (Å²) in [6.45, 7) is 10.9. The van der Waals surface area contributed by atoms with Gasteiger partial charge in [-0.1, -0.05) is 13.8 Å². The fourth-order valence-corrected chi connectivity index (χ4v) is 1.53. The van der Waals surface area contributed by atoms with Crippen LogP contribution in [-0.4, -0.2) is 48.4 Å². The van der Waals surface area contributed by atoms with Crippen LogP contribution in [0.5, 0.6) is 0 Å². The second kappa shape index (κ2) is 7.69. The lowest BCUT2D eigenvalue weighted by Gasteiger charge is -2.24. The van der Waals surface area contributed by atoms with Crippen LogP contribution in [0.15, 0.2) is 0 Å². The molecule has 0 aromatic rings. The van der Waals surface area contributed by atoms with E-state index in [2.05, 4.69) is 4.90 Å². The predicted molar refractivity (Wildman–Crippen MR) is 64.9 cm³/mol. The fraction of sp³-hybridized carbons (Fsp3) is 0.917. The van der Waals surface area contributed by atoms with Crippen molar-refractivity contribution in [1.82, 2.24) is 9.80 Å². The Kier molecular flexibility index (Phi) is 7.39. The lowest BCUT2D eigenvalue weighted by Crippen LogP contribution is -2.40. The standard InChI is InChI=1S/C10H20N2O.C2H6/c1-9(2)11(3)10(13)8-12-6-4-5-7-12;1-2/h9H,4-8H2,1-3H3;1-2H3. The van der Waals surface area contributed by atoms with Gasteiger partial charge in [0.1, 0.15) is 0 Å². The number of carbonyl (C=O) groups is 1. The van der Waals surface area contributed by atoms with E-state index in [4.69, 9.17) is 0 Å². The lowest BCUT2D eigenvalue weighted by atomic mass is 10.3. The molecule has 0 radical (unpaired) electrons. The molecule has 1 fully saturated rings. The maximum absolute atomic E-state index is 11.6. The van der Waals surface area contributed by atoms with E-state index in [0.717, 1.165) is 13.1 Å². The Bertz CT molecular complexity index is 174.